The maximum absolute atomic E-state index is 13.6. The number of amides is 1. The van der Waals surface area contributed by atoms with E-state index in [0.29, 0.717) is 11.6 Å². The van der Waals surface area contributed by atoms with Crippen LogP contribution in [-0.4, -0.2) is 16.1 Å². The van der Waals surface area contributed by atoms with Crippen molar-refractivity contribution < 1.29 is 18.0 Å². The Morgan fingerprint density at radius 2 is 1.82 bits per heavy atom. The Hall–Kier alpha value is -3.09. The van der Waals surface area contributed by atoms with Gasteiger partial charge < -0.3 is 4.42 Å². The first-order valence-electron chi connectivity index (χ1n) is 6.29. The van der Waals surface area contributed by atoms with Crippen molar-refractivity contribution in [1.82, 2.24) is 10.2 Å². The number of carbonyl (C=O) groups is 1. The van der Waals surface area contributed by atoms with Gasteiger partial charge in [0.15, 0.2) is 0 Å². The third kappa shape index (κ3) is 2.83. The van der Waals surface area contributed by atoms with E-state index in [0.717, 1.165) is 6.07 Å². The number of benzene rings is 2. The van der Waals surface area contributed by atoms with Crippen LogP contribution in [0.1, 0.15) is 10.4 Å². The van der Waals surface area contributed by atoms with Crippen molar-refractivity contribution in [2.45, 2.75) is 0 Å². The fourth-order valence-electron chi connectivity index (χ4n) is 1.80. The van der Waals surface area contributed by atoms with Crippen molar-refractivity contribution in [3.8, 4) is 11.5 Å². The first kappa shape index (κ1) is 13.9. The summed E-state index contributed by atoms with van der Waals surface area (Å²) < 4.78 is 31.6. The molecule has 1 heterocycles. The predicted octanol–water partition coefficient (Wildman–Crippen LogP) is 3.27. The van der Waals surface area contributed by atoms with E-state index in [4.69, 9.17) is 4.42 Å². The lowest BCUT2D eigenvalue weighted by Gasteiger charge is -2.00. The molecule has 1 aromatic heterocycles. The number of aromatic nitrogens is 2. The van der Waals surface area contributed by atoms with E-state index in [-0.39, 0.29) is 17.5 Å². The van der Waals surface area contributed by atoms with Crippen LogP contribution in [0.4, 0.5) is 14.8 Å². The van der Waals surface area contributed by atoms with Crippen LogP contribution < -0.4 is 5.32 Å². The summed E-state index contributed by atoms with van der Waals surface area (Å²) in [6, 6.07) is 11.2. The first-order chi connectivity index (χ1) is 10.6. The van der Waals surface area contributed by atoms with Gasteiger partial charge in [-0.25, -0.2) is 8.78 Å². The van der Waals surface area contributed by atoms with Crippen molar-refractivity contribution in [2.24, 2.45) is 0 Å². The number of hydrogen-bond donors (Lipinski definition) is 1. The molecule has 1 amide bonds. The third-order valence-corrected chi connectivity index (χ3v) is 2.84. The van der Waals surface area contributed by atoms with Crippen molar-refractivity contribution >= 4 is 11.9 Å². The largest absolute Gasteiger partial charge is 0.403 e. The highest BCUT2D eigenvalue weighted by molar-refractivity contribution is 6.03. The van der Waals surface area contributed by atoms with E-state index in [1.807, 2.05) is 0 Å². The molecule has 0 aliphatic carbocycles. The minimum atomic E-state index is -0.829. The van der Waals surface area contributed by atoms with Crippen molar-refractivity contribution in [3.63, 3.8) is 0 Å². The van der Waals surface area contributed by atoms with Crippen LogP contribution in [0, 0.1) is 11.6 Å². The lowest BCUT2D eigenvalue weighted by molar-refractivity contribution is 0.102. The van der Waals surface area contributed by atoms with Gasteiger partial charge in [-0.05, 0) is 24.3 Å². The van der Waals surface area contributed by atoms with Crippen LogP contribution in [0.25, 0.3) is 11.5 Å². The second-order valence-electron chi connectivity index (χ2n) is 4.36. The zero-order chi connectivity index (χ0) is 15.5. The summed E-state index contributed by atoms with van der Waals surface area (Å²) in [5.41, 5.74) is 0.365. The summed E-state index contributed by atoms with van der Waals surface area (Å²) in [4.78, 5) is 11.9. The Balaban J connectivity index is 1.81. The summed E-state index contributed by atoms with van der Waals surface area (Å²) in [6.45, 7) is 0. The van der Waals surface area contributed by atoms with E-state index in [2.05, 4.69) is 15.5 Å². The molecular weight excluding hydrogens is 292 g/mol. The molecule has 0 fully saturated rings. The summed E-state index contributed by atoms with van der Waals surface area (Å²) in [5, 5.41) is 9.65. The number of nitrogens with one attached hydrogen (secondary N) is 1. The van der Waals surface area contributed by atoms with Crippen molar-refractivity contribution in [3.05, 3.63) is 65.7 Å². The zero-order valence-corrected chi connectivity index (χ0v) is 11.1. The molecule has 3 rings (SSSR count). The van der Waals surface area contributed by atoms with Crippen LogP contribution in [-0.2, 0) is 0 Å². The van der Waals surface area contributed by atoms with Gasteiger partial charge in [0.05, 0.1) is 5.56 Å². The third-order valence-electron chi connectivity index (χ3n) is 2.84. The fourth-order valence-corrected chi connectivity index (χ4v) is 1.80. The van der Waals surface area contributed by atoms with Gasteiger partial charge in [0, 0.05) is 11.6 Å². The van der Waals surface area contributed by atoms with Gasteiger partial charge in [0.2, 0.25) is 0 Å². The van der Waals surface area contributed by atoms with Gasteiger partial charge in [-0.2, -0.15) is 0 Å². The van der Waals surface area contributed by atoms with Crippen LogP contribution >= 0.6 is 0 Å². The molecule has 5 nitrogen and oxygen atoms in total. The topological polar surface area (TPSA) is 68.0 Å². The SMILES string of the molecule is O=C(Nc1nnc(-c2ccc(F)cc2F)o1)c1ccccc1. The maximum atomic E-state index is 13.6. The van der Waals surface area contributed by atoms with Crippen molar-refractivity contribution in [1.29, 1.82) is 0 Å². The van der Waals surface area contributed by atoms with Gasteiger partial charge in [-0.1, -0.05) is 23.3 Å². The van der Waals surface area contributed by atoms with Crippen LogP contribution in [0.15, 0.2) is 52.9 Å². The summed E-state index contributed by atoms with van der Waals surface area (Å²) in [7, 11) is 0. The normalized spacial score (nSPS) is 10.5. The second-order valence-corrected chi connectivity index (χ2v) is 4.36. The highest BCUT2D eigenvalue weighted by Crippen LogP contribution is 2.23. The molecule has 2 aromatic carbocycles. The Morgan fingerprint density at radius 3 is 2.55 bits per heavy atom. The molecule has 0 atom stereocenters. The molecule has 22 heavy (non-hydrogen) atoms. The Kier molecular flexibility index (Phi) is 3.61. The van der Waals surface area contributed by atoms with Crippen LogP contribution in [0.2, 0.25) is 0 Å². The van der Waals surface area contributed by atoms with E-state index in [1.54, 1.807) is 30.3 Å². The molecule has 0 aliphatic heterocycles. The highest BCUT2D eigenvalue weighted by atomic mass is 19.1. The molecule has 0 radical (unpaired) electrons. The van der Waals surface area contributed by atoms with Gasteiger partial charge in [-0.3, -0.25) is 10.1 Å². The van der Waals surface area contributed by atoms with Crippen molar-refractivity contribution in [2.75, 3.05) is 5.32 Å². The minimum absolute atomic E-state index is 0.0471. The van der Waals surface area contributed by atoms with Gasteiger partial charge in [-0.15, -0.1) is 5.10 Å². The first-order valence-corrected chi connectivity index (χ1v) is 6.29. The summed E-state index contributed by atoms with van der Waals surface area (Å²) >= 11 is 0. The molecule has 1 N–H and O–H groups in total. The number of nitrogens with zero attached hydrogens (tertiary/aromatic N) is 2. The standard InChI is InChI=1S/C15H9F2N3O2/c16-10-6-7-11(12(17)8-10)14-19-20-15(22-14)18-13(21)9-4-2-1-3-5-9/h1-8H,(H,18,20,21). The number of hydrogen-bond acceptors (Lipinski definition) is 4. The Morgan fingerprint density at radius 1 is 1.05 bits per heavy atom. The van der Waals surface area contributed by atoms with Gasteiger partial charge >= 0.3 is 6.01 Å². The average molecular weight is 301 g/mol. The highest BCUT2D eigenvalue weighted by Gasteiger charge is 2.15. The minimum Gasteiger partial charge on any atom is -0.403 e. The number of anilines is 1. The molecule has 0 bridgehead atoms. The molecule has 0 saturated heterocycles. The van der Waals surface area contributed by atoms with Gasteiger partial charge in [0.1, 0.15) is 11.6 Å². The molecule has 0 saturated carbocycles. The van der Waals surface area contributed by atoms with E-state index < -0.39 is 17.5 Å². The Bertz CT molecular complexity index is 819. The second kappa shape index (κ2) is 5.72. The maximum Gasteiger partial charge on any atom is 0.322 e. The summed E-state index contributed by atoms with van der Waals surface area (Å²) in [6.07, 6.45) is 0. The molecular formula is C15H9F2N3O2. The molecule has 0 unspecified atom stereocenters. The zero-order valence-electron chi connectivity index (χ0n) is 11.1. The summed E-state index contributed by atoms with van der Waals surface area (Å²) in [5.74, 6) is -2.13. The average Bonchev–Trinajstić information content (AvgIpc) is 2.96. The van der Waals surface area contributed by atoms with E-state index in [1.165, 1.54) is 6.07 Å². The monoisotopic (exact) mass is 301 g/mol. The molecule has 3 aromatic rings. The smallest absolute Gasteiger partial charge is 0.322 e. The van der Waals surface area contributed by atoms with Gasteiger partial charge in [0.25, 0.3) is 11.8 Å². The molecule has 0 spiro atoms. The van der Waals surface area contributed by atoms with Crippen LogP contribution in [0.3, 0.4) is 0 Å². The Labute approximate surface area is 123 Å². The predicted molar refractivity (Wildman–Crippen MR) is 74.0 cm³/mol. The van der Waals surface area contributed by atoms with E-state index in [9.17, 15) is 13.6 Å². The number of rotatable bonds is 3. The molecule has 0 aliphatic rings. The quantitative estimate of drug-likeness (QED) is 0.806. The van der Waals surface area contributed by atoms with Crippen LogP contribution in [0.5, 0.6) is 0 Å². The molecule has 7 heteroatoms. The van der Waals surface area contributed by atoms with E-state index >= 15 is 0 Å². The number of carbonyl (C=O) groups excluding carboxylic acids is 1. The lowest BCUT2D eigenvalue weighted by atomic mass is 10.2. The number of halogens is 2. The molecule has 110 valence electrons. The lowest BCUT2D eigenvalue weighted by Crippen LogP contribution is -2.11. The fraction of sp³-hybridized carbons (Fsp3) is 0.